The molecule has 0 spiro atoms. The summed E-state index contributed by atoms with van der Waals surface area (Å²) in [4.78, 5) is 34.9. The summed E-state index contributed by atoms with van der Waals surface area (Å²) in [6.45, 7) is 8.81. The Hall–Kier alpha value is -1.79. The number of hydrogen-bond acceptors (Lipinski definition) is 6. The molecule has 0 unspecified atom stereocenters. The molecule has 1 aliphatic rings. The van der Waals surface area contributed by atoms with Crippen molar-refractivity contribution in [2.45, 2.75) is 65.3 Å². The van der Waals surface area contributed by atoms with E-state index >= 15 is 0 Å². The van der Waals surface area contributed by atoms with Crippen LogP contribution in [-0.2, 0) is 23.8 Å². The van der Waals surface area contributed by atoms with Gasteiger partial charge >= 0.3 is 18.0 Å². The summed E-state index contributed by atoms with van der Waals surface area (Å²) in [5, 5.41) is 2.62. The van der Waals surface area contributed by atoms with E-state index in [1.165, 1.54) is 13.8 Å². The Balaban J connectivity index is 2.24. The minimum atomic E-state index is -1.19. The third kappa shape index (κ3) is 6.32. The van der Waals surface area contributed by atoms with E-state index in [-0.39, 0.29) is 0 Å². The van der Waals surface area contributed by atoms with Crippen LogP contribution < -0.4 is 5.32 Å². The minimum absolute atomic E-state index is 0.337. The summed E-state index contributed by atoms with van der Waals surface area (Å²) in [5.74, 6) is -3.18. The largest absolute Gasteiger partial charge is 0.444 e. The first-order valence-electron chi connectivity index (χ1n) is 7.43. The molecular weight excluding hydrogens is 290 g/mol. The van der Waals surface area contributed by atoms with Gasteiger partial charge in [0.25, 0.3) is 5.79 Å². The van der Waals surface area contributed by atoms with Gasteiger partial charge in [0.2, 0.25) is 0 Å². The highest BCUT2D eigenvalue weighted by atomic mass is 16.7. The van der Waals surface area contributed by atoms with E-state index in [1.54, 1.807) is 20.8 Å². The van der Waals surface area contributed by atoms with E-state index in [1.807, 2.05) is 0 Å². The van der Waals surface area contributed by atoms with E-state index in [2.05, 4.69) is 5.32 Å². The lowest BCUT2D eigenvalue weighted by Crippen LogP contribution is -2.46. The van der Waals surface area contributed by atoms with Crippen LogP contribution in [0.5, 0.6) is 0 Å². The number of alkyl carbamates (subject to hydrolysis) is 1. The third-order valence-electron chi connectivity index (χ3n) is 2.85. The number of amides is 1. The molecule has 1 rings (SSSR count). The molecule has 1 fully saturated rings. The molecule has 0 aliphatic carbocycles. The molecule has 1 aliphatic heterocycles. The van der Waals surface area contributed by atoms with Gasteiger partial charge < -0.3 is 19.5 Å². The van der Waals surface area contributed by atoms with Gasteiger partial charge in [-0.25, -0.2) is 4.79 Å². The first-order valence-corrected chi connectivity index (χ1v) is 7.43. The first kappa shape index (κ1) is 18.3. The van der Waals surface area contributed by atoms with Gasteiger partial charge in [-0.3, -0.25) is 9.59 Å². The molecule has 1 amide bonds. The van der Waals surface area contributed by atoms with Gasteiger partial charge in [0.05, 0.1) is 0 Å². The molecule has 0 atom stereocenters. The second kappa shape index (κ2) is 6.98. The maximum Gasteiger partial charge on any atom is 0.407 e. The number of esters is 2. The normalized spacial score (nSPS) is 18.4. The van der Waals surface area contributed by atoms with E-state index < -0.39 is 35.3 Å². The van der Waals surface area contributed by atoms with Gasteiger partial charge in [-0.05, 0) is 33.6 Å². The second-order valence-corrected chi connectivity index (χ2v) is 6.72. The zero-order valence-corrected chi connectivity index (χ0v) is 13.9. The number of cyclic esters (lactones) is 2. The predicted octanol–water partition coefficient (Wildman–Crippen LogP) is 2.13. The summed E-state index contributed by atoms with van der Waals surface area (Å²) in [6, 6.07) is 0. The van der Waals surface area contributed by atoms with Crippen LogP contribution in [-0.4, -0.2) is 36.0 Å². The highest BCUT2D eigenvalue weighted by molar-refractivity contribution is 5.96. The highest BCUT2D eigenvalue weighted by Crippen LogP contribution is 2.25. The highest BCUT2D eigenvalue weighted by Gasteiger charge is 2.42. The Bertz CT molecular complexity index is 418. The van der Waals surface area contributed by atoms with E-state index in [0.29, 0.717) is 25.8 Å². The van der Waals surface area contributed by atoms with Crippen molar-refractivity contribution >= 4 is 18.0 Å². The monoisotopic (exact) mass is 315 g/mol. The van der Waals surface area contributed by atoms with Crippen LogP contribution in [0.2, 0.25) is 0 Å². The molecule has 0 radical (unpaired) electrons. The topological polar surface area (TPSA) is 90.9 Å². The fourth-order valence-corrected chi connectivity index (χ4v) is 1.96. The Kier molecular flexibility index (Phi) is 5.79. The zero-order valence-electron chi connectivity index (χ0n) is 13.9. The molecule has 7 nitrogen and oxygen atoms in total. The Labute approximate surface area is 130 Å². The lowest BCUT2D eigenvalue weighted by molar-refractivity contribution is -0.240. The van der Waals surface area contributed by atoms with Crippen molar-refractivity contribution in [2.24, 2.45) is 5.92 Å². The second-order valence-electron chi connectivity index (χ2n) is 6.72. The molecule has 0 aromatic carbocycles. The van der Waals surface area contributed by atoms with Gasteiger partial charge in [0, 0.05) is 20.4 Å². The van der Waals surface area contributed by atoms with Crippen LogP contribution in [0.1, 0.15) is 53.9 Å². The molecular formula is C15H25NO6. The first-order chi connectivity index (χ1) is 10.0. The summed E-state index contributed by atoms with van der Waals surface area (Å²) in [7, 11) is 0. The Morgan fingerprint density at radius 1 is 1.18 bits per heavy atom. The van der Waals surface area contributed by atoms with E-state index in [9.17, 15) is 14.4 Å². The number of ether oxygens (including phenoxy) is 3. The maximum atomic E-state index is 11.7. The molecule has 22 heavy (non-hydrogen) atoms. The van der Waals surface area contributed by atoms with Gasteiger partial charge in [-0.2, -0.15) is 0 Å². The van der Waals surface area contributed by atoms with Crippen LogP contribution in [0.3, 0.4) is 0 Å². The quantitative estimate of drug-likeness (QED) is 0.475. The molecule has 7 heteroatoms. The van der Waals surface area contributed by atoms with Crippen molar-refractivity contribution in [3.8, 4) is 0 Å². The smallest absolute Gasteiger partial charge is 0.407 e. The Morgan fingerprint density at radius 3 is 2.23 bits per heavy atom. The SMILES string of the molecule is CC(C)(C)OC(=O)NCCCCC1C(=O)OC(C)(C)OC1=O. The molecule has 126 valence electrons. The van der Waals surface area contributed by atoms with Crippen molar-refractivity contribution < 1.29 is 28.6 Å². The summed E-state index contributed by atoms with van der Waals surface area (Å²) in [5.41, 5.74) is -0.535. The van der Waals surface area contributed by atoms with Crippen molar-refractivity contribution in [3.05, 3.63) is 0 Å². The average Bonchev–Trinajstić information content (AvgIpc) is 2.27. The van der Waals surface area contributed by atoms with Crippen molar-refractivity contribution in [1.29, 1.82) is 0 Å². The van der Waals surface area contributed by atoms with Crippen LogP contribution in [0.4, 0.5) is 4.79 Å². The number of carbonyl (C=O) groups excluding carboxylic acids is 3. The van der Waals surface area contributed by atoms with Gasteiger partial charge in [-0.1, -0.05) is 6.42 Å². The number of hydrogen-bond donors (Lipinski definition) is 1. The van der Waals surface area contributed by atoms with Crippen LogP contribution >= 0.6 is 0 Å². The fraction of sp³-hybridized carbons (Fsp3) is 0.800. The molecule has 1 N–H and O–H groups in total. The summed E-state index contributed by atoms with van der Waals surface area (Å²) in [6.07, 6.45) is 1.07. The van der Waals surface area contributed by atoms with Crippen molar-refractivity contribution in [2.75, 3.05) is 6.54 Å². The molecule has 0 saturated carbocycles. The molecule has 0 bridgehead atoms. The fourth-order valence-electron chi connectivity index (χ4n) is 1.96. The molecule has 0 aromatic heterocycles. The minimum Gasteiger partial charge on any atom is -0.444 e. The summed E-state index contributed by atoms with van der Waals surface area (Å²) >= 11 is 0. The molecule has 1 heterocycles. The standard InChI is InChI=1S/C15H25NO6/c1-14(2,3)22-13(19)16-9-7-6-8-10-11(17)20-15(4,5)21-12(10)18/h10H,6-9H2,1-5H3,(H,16,19). The van der Waals surface area contributed by atoms with Gasteiger partial charge in [0.15, 0.2) is 5.92 Å². The number of carbonyl (C=O) groups is 3. The number of rotatable bonds is 5. The van der Waals surface area contributed by atoms with Gasteiger partial charge in [0.1, 0.15) is 5.60 Å². The van der Waals surface area contributed by atoms with Crippen LogP contribution in [0, 0.1) is 5.92 Å². The van der Waals surface area contributed by atoms with Crippen molar-refractivity contribution in [1.82, 2.24) is 5.32 Å². The predicted molar refractivity (Wildman–Crippen MR) is 77.8 cm³/mol. The van der Waals surface area contributed by atoms with E-state index in [0.717, 1.165) is 0 Å². The lowest BCUT2D eigenvalue weighted by atomic mass is 10.0. The average molecular weight is 315 g/mol. The van der Waals surface area contributed by atoms with Gasteiger partial charge in [-0.15, -0.1) is 0 Å². The maximum absolute atomic E-state index is 11.7. The molecule has 0 aromatic rings. The zero-order chi connectivity index (χ0) is 17.0. The van der Waals surface area contributed by atoms with Crippen molar-refractivity contribution in [3.63, 3.8) is 0 Å². The third-order valence-corrected chi connectivity index (χ3v) is 2.85. The van der Waals surface area contributed by atoms with Crippen LogP contribution in [0.25, 0.3) is 0 Å². The van der Waals surface area contributed by atoms with Crippen LogP contribution in [0.15, 0.2) is 0 Å². The lowest BCUT2D eigenvalue weighted by Gasteiger charge is -2.32. The molecule has 1 saturated heterocycles. The number of unbranched alkanes of at least 4 members (excludes halogenated alkanes) is 1. The number of nitrogens with one attached hydrogen (secondary N) is 1. The summed E-state index contributed by atoms with van der Waals surface area (Å²) < 4.78 is 15.2. The Morgan fingerprint density at radius 2 is 1.73 bits per heavy atom. The van der Waals surface area contributed by atoms with E-state index in [4.69, 9.17) is 14.2 Å².